The van der Waals surface area contributed by atoms with Gasteiger partial charge in [-0.15, -0.1) is 0 Å². The summed E-state index contributed by atoms with van der Waals surface area (Å²) >= 11 is 0. The van der Waals surface area contributed by atoms with Gasteiger partial charge in [-0.3, -0.25) is 9.59 Å². The Labute approximate surface area is 157 Å². The lowest BCUT2D eigenvalue weighted by atomic mass is 10.1. The summed E-state index contributed by atoms with van der Waals surface area (Å²) in [6.45, 7) is 6.08. The van der Waals surface area contributed by atoms with Crippen LogP contribution in [0.1, 0.15) is 36.5 Å². The van der Waals surface area contributed by atoms with Gasteiger partial charge in [0, 0.05) is 25.2 Å². The van der Waals surface area contributed by atoms with Crippen LogP contribution in [0.15, 0.2) is 35.3 Å². The Morgan fingerprint density at radius 1 is 1.07 bits per heavy atom. The molecule has 27 heavy (non-hydrogen) atoms. The highest BCUT2D eigenvalue weighted by Crippen LogP contribution is 2.17. The molecule has 4 rings (SSSR count). The van der Waals surface area contributed by atoms with Gasteiger partial charge in [-0.05, 0) is 57.1 Å². The van der Waals surface area contributed by atoms with E-state index >= 15 is 0 Å². The Morgan fingerprint density at radius 3 is 2.67 bits per heavy atom. The van der Waals surface area contributed by atoms with Crippen molar-refractivity contribution in [1.82, 2.24) is 24.4 Å². The normalized spacial score (nSPS) is 15.4. The Kier molecular flexibility index (Phi) is 4.94. The lowest BCUT2D eigenvalue weighted by Gasteiger charge is -2.26. The van der Waals surface area contributed by atoms with E-state index in [0.29, 0.717) is 24.2 Å². The predicted molar refractivity (Wildman–Crippen MR) is 105 cm³/mol. The summed E-state index contributed by atoms with van der Waals surface area (Å²) in [5.74, 6) is -0.130. The minimum atomic E-state index is -0.130. The number of carbonyl (C=O) groups is 1. The van der Waals surface area contributed by atoms with Crippen LogP contribution in [0.3, 0.4) is 0 Å². The minimum Gasteiger partial charge on any atom is -0.352 e. The molecular weight excluding hydrogens is 342 g/mol. The standard InChI is InChI=1S/C20H25N5O2/c1-2-21-19(26)15-6-7-16-18(14-15)24(13-12-23-10-4-3-5-11-23)20(27)17-8-9-22-25(16)17/h6-9,14H,2-5,10-13H2,1H3,(H,21,26). The second kappa shape index (κ2) is 7.52. The Bertz CT molecular complexity index is 1030. The van der Waals surface area contributed by atoms with E-state index in [1.807, 2.05) is 13.0 Å². The number of nitrogens with one attached hydrogen (secondary N) is 1. The molecule has 1 saturated heterocycles. The van der Waals surface area contributed by atoms with Gasteiger partial charge in [0.25, 0.3) is 11.5 Å². The number of amides is 1. The summed E-state index contributed by atoms with van der Waals surface area (Å²) in [6, 6.07) is 7.21. The molecule has 0 saturated carbocycles. The van der Waals surface area contributed by atoms with E-state index in [0.717, 1.165) is 30.7 Å². The maximum atomic E-state index is 13.1. The van der Waals surface area contributed by atoms with Gasteiger partial charge in [0.05, 0.1) is 17.2 Å². The number of rotatable bonds is 5. The molecule has 2 aromatic heterocycles. The molecule has 3 aromatic rings. The molecule has 0 unspecified atom stereocenters. The van der Waals surface area contributed by atoms with E-state index in [2.05, 4.69) is 15.3 Å². The van der Waals surface area contributed by atoms with Crippen LogP contribution in [-0.2, 0) is 6.54 Å². The molecule has 0 radical (unpaired) electrons. The summed E-state index contributed by atoms with van der Waals surface area (Å²) in [5.41, 5.74) is 2.64. The number of carbonyl (C=O) groups excluding carboxylic acids is 1. The highest BCUT2D eigenvalue weighted by molar-refractivity contribution is 5.97. The monoisotopic (exact) mass is 367 g/mol. The fraction of sp³-hybridized carbons (Fsp3) is 0.450. The second-order valence-electron chi connectivity index (χ2n) is 7.05. The van der Waals surface area contributed by atoms with Crippen molar-refractivity contribution in [3.05, 3.63) is 46.4 Å². The molecule has 3 heterocycles. The van der Waals surface area contributed by atoms with E-state index in [-0.39, 0.29) is 11.5 Å². The Hall–Kier alpha value is -2.67. The van der Waals surface area contributed by atoms with Crippen molar-refractivity contribution in [2.45, 2.75) is 32.7 Å². The van der Waals surface area contributed by atoms with Crippen molar-refractivity contribution in [2.75, 3.05) is 26.2 Å². The first-order valence-electron chi connectivity index (χ1n) is 9.70. The van der Waals surface area contributed by atoms with Gasteiger partial charge in [-0.1, -0.05) is 6.42 Å². The van der Waals surface area contributed by atoms with Crippen molar-refractivity contribution < 1.29 is 4.79 Å². The van der Waals surface area contributed by atoms with Crippen molar-refractivity contribution in [3.63, 3.8) is 0 Å². The summed E-state index contributed by atoms with van der Waals surface area (Å²) in [4.78, 5) is 27.8. The molecule has 1 fully saturated rings. The molecule has 0 spiro atoms. The van der Waals surface area contributed by atoms with Gasteiger partial charge in [-0.25, -0.2) is 4.52 Å². The lowest BCUT2D eigenvalue weighted by Crippen LogP contribution is -2.35. The number of benzene rings is 1. The minimum absolute atomic E-state index is 0.0648. The maximum absolute atomic E-state index is 13.1. The van der Waals surface area contributed by atoms with Crippen LogP contribution in [-0.4, -0.2) is 51.2 Å². The van der Waals surface area contributed by atoms with Gasteiger partial charge in [0.15, 0.2) is 0 Å². The molecule has 1 aromatic carbocycles. The van der Waals surface area contributed by atoms with Crippen LogP contribution in [0.2, 0.25) is 0 Å². The second-order valence-corrected chi connectivity index (χ2v) is 7.05. The zero-order valence-corrected chi connectivity index (χ0v) is 15.6. The molecule has 0 atom stereocenters. The fourth-order valence-corrected chi connectivity index (χ4v) is 3.87. The third-order valence-corrected chi connectivity index (χ3v) is 5.29. The van der Waals surface area contributed by atoms with E-state index in [9.17, 15) is 9.59 Å². The molecule has 0 bridgehead atoms. The molecule has 7 nitrogen and oxygen atoms in total. The van der Waals surface area contributed by atoms with Crippen LogP contribution in [0.25, 0.3) is 16.6 Å². The first-order valence-corrected chi connectivity index (χ1v) is 9.70. The number of fused-ring (bicyclic) bond motifs is 3. The van der Waals surface area contributed by atoms with Gasteiger partial charge in [0.1, 0.15) is 5.52 Å². The topological polar surface area (TPSA) is 71.6 Å². The average molecular weight is 367 g/mol. The van der Waals surface area contributed by atoms with Crippen molar-refractivity contribution in [1.29, 1.82) is 0 Å². The molecule has 1 aliphatic heterocycles. The number of nitrogens with zero attached hydrogens (tertiary/aromatic N) is 4. The van der Waals surface area contributed by atoms with Crippen molar-refractivity contribution >= 4 is 22.5 Å². The highest BCUT2D eigenvalue weighted by atomic mass is 16.1. The van der Waals surface area contributed by atoms with Gasteiger partial charge in [0.2, 0.25) is 0 Å². The maximum Gasteiger partial charge on any atom is 0.277 e. The van der Waals surface area contributed by atoms with Crippen LogP contribution in [0.4, 0.5) is 0 Å². The molecular formula is C20H25N5O2. The van der Waals surface area contributed by atoms with Gasteiger partial charge >= 0.3 is 0 Å². The molecule has 7 heteroatoms. The van der Waals surface area contributed by atoms with Crippen LogP contribution >= 0.6 is 0 Å². The van der Waals surface area contributed by atoms with E-state index in [4.69, 9.17) is 0 Å². The van der Waals surface area contributed by atoms with Crippen molar-refractivity contribution in [3.8, 4) is 0 Å². The fourth-order valence-electron chi connectivity index (χ4n) is 3.87. The van der Waals surface area contributed by atoms with Crippen LogP contribution < -0.4 is 10.9 Å². The summed E-state index contributed by atoms with van der Waals surface area (Å²) in [7, 11) is 0. The molecule has 0 aliphatic carbocycles. The summed E-state index contributed by atoms with van der Waals surface area (Å²) in [6.07, 6.45) is 5.37. The number of likely N-dealkylation sites (tertiary alicyclic amines) is 1. The van der Waals surface area contributed by atoms with E-state index in [1.165, 1.54) is 19.3 Å². The SMILES string of the molecule is CCNC(=O)c1ccc2c(c1)n(CCN1CCCCC1)c(=O)c1ccnn12. The number of piperidine rings is 1. The number of hydrogen-bond acceptors (Lipinski definition) is 4. The molecule has 1 aliphatic rings. The third-order valence-electron chi connectivity index (χ3n) is 5.29. The first kappa shape index (κ1) is 17.7. The zero-order valence-electron chi connectivity index (χ0n) is 15.6. The largest absolute Gasteiger partial charge is 0.352 e. The van der Waals surface area contributed by atoms with Crippen LogP contribution in [0, 0.1) is 0 Å². The number of hydrogen-bond donors (Lipinski definition) is 1. The third kappa shape index (κ3) is 3.35. The smallest absolute Gasteiger partial charge is 0.277 e. The summed E-state index contributed by atoms with van der Waals surface area (Å²) < 4.78 is 3.46. The quantitative estimate of drug-likeness (QED) is 0.747. The average Bonchev–Trinajstić information content (AvgIpc) is 3.19. The molecule has 1 N–H and O–H groups in total. The Balaban J connectivity index is 1.79. The van der Waals surface area contributed by atoms with Crippen LogP contribution in [0.5, 0.6) is 0 Å². The van der Waals surface area contributed by atoms with Gasteiger partial charge < -0.3 is 14.8 Å². The predicted octanol–water partition coefficient (Wildman–Crippen LogP) is 1.88. The lowest BCUT2D eigenvalue weighted by molar-refractivity contribution is 0.0956. The highest BCUT2D eigenvalue weighted by Gasteiger charge is 2.16. The zero-order chi connectivity index (χ0) is 18.8. The molecule has 142 valence electrons. The summed E-state index contributed by atoms with van der Waals surface area (Å²) in [5, 5.41) is 7.12. The van der Waals surface area contributed by atoms with Crippen molar-refractivity contribution in [2.24, 2.45) is 0 Å². The van der Waals surface area contributed by atoms with E-state index < -0.39 is 0 Å². The number of aromatic nitrogens is 3. The molecule has 1 amide bonds. The van der Waals surface area contributed by atoms with E-state index in [1.54, 1.807) is 33.5 Å². The first-order chi connectivity index (χ1) is 13.2. The van der Waals surface area contributed by atoms with Gasteiger partial charge in [-0.2, -0.15) is 5.10 Å². The Morgan fingerprint density at radius 2 is 1.89 bits per heavy atom.